The molecular formula is C34H45N3O7. The topological polar surface area (TPSA) is 106 Å². The molecule has 0 aromatic heterocycles. The maximum absolute atomic E-state index is 13.9. The molecule has 4 rings (SSSR count). The largest absolute Gasteiger partial charge is 0.493 e. The molecule has 2 aromatic rings. The number of nitrogens with zero attached hydrogens (tertiary/aromatic N) is 3. The number of hydrogen-bond donors (Lipinski definition) is 0. The van der Waals surface area contributed by atoms with E-state index in [0.717, 1.165) is 12.0 Å². The lowest BCUT2D eigenvalue weighted by atomic mass is 9.94. The molecule has 0 unspecified atom stereocenters. The van der Waals surface area contributed by atoms with Crippen molar-refractivity contribution in [1.82, 2.24) is 14.7 Å². The minimum atomic E-state index is -0.679. The van der Waals surface area contributed by atoms with Gasteiger partial charge in [0.25, 0.3) is 17.7 Å². The Hall–Kier alpha value is -3.92. The van der Waals surface area contributed by atoms with Gasteiger partial charge in [0, 0.05) is 69.8 Å². The van der Waals surface area contributed by atoms with E-state index in [0.29, 0.717) is 55.3 Å². The van der Waals surface area contributed by atoms with E-state index in [1.165, 1.54) is 4.90 Å². The third kappa shape index (κ3) is 7.59. The number of hydrogen-bond acceptors (Lipinski definition) is 7. The molecule has 1 saturated heterocycles. The first-order valence-electron chi connectivity index (χ1n) is 15.3. The molecule has 0 bridgehead atoms. The lowest BCUT2D eigenvalue weighted by Crippen LogP contribution is -2.44. The normalized spacial score (nSPS) is 18.2. The summed E-state index contributed by atoms with van der Waals surface area (Å²) in [6.07, 6.45) is 0.278. The molecule has 4 amide bonds. The number of rotatable bonds is 11. The van der Waals surface area contributed by atoms with Gasteiger partial charge in [-0.25, -0.2) is 4.79 Å². The summed E-state index contributed by atoms with van der Waals surface area (Å²) in [5.74, 6) is -0.637. The lowest BCUT2D eigenvalue weighted by molar-refractivity contribution is 0.0281. The monoisotopic (exact) mass is 607 g/mol. The summed E-state index contributed by atoms with van der Waals surface area (Å²) in [5, 5.41) is 0. The Kier molecular flexibility index (Phi) is 10.3. The second kappa shape index (κ2) is 13.8. The van der Waals surface area contributed by atoms with Crippen molar-refractivity contribution >= 4 is 23.8 Å². The van der Waals surface area contributed by atoms with Crippen molar-refractivity contribution < 1.29 is 33.4 Å². The van der Waals surface area contributed by atoms with Crippen molar-refractivity contribution in [2.24, 2.45) is 11.8 Å². The van der Waals surface area contributed by atoms with E-state index < -0.39 is 11.7 Å². The van der Waals surface area contributed by atoms with Crippen LogP contribution in [0.15, 0.2) is 42.5 Å². The zero-order valence-electron chi connectivity index (χ0n) is 26.9. The Morgan fingerprint density at radius 3 is 2.20 bits per heavy atom. The highest BCUT2D eigenvalue weighted by Crippen LogP contribution is 2.32. The number of carbonyl (C=O) groups excluding carboxylic acids is 4. The average Bonchev–Trinajstić information content (AvgIpc) is 3.48. The van der Waals surface area contributed by atoms with Crippen molar-refractivity contribution in [2.45, 2.75) is 59.6 Å². The van der Waals surface area contributed by atoms with Crippen LogP contribution in [0.5, 0.6) is 5.75 Å². The van der Waals surface area contributed by atoms with E-state index in [2.05, 4.69) is 0 Å². The van der Waals surface area contributed by atoms with Crippen LogP contribution in [-0.2, 0) is 9.47 Å². The highest BCUT2D eigenvalue weighted by molar-refractivity contribution is 6.21. The quantitative estimate of drug-likeness (QED) is 0.260. The molecule has 0 saturated carbocycles. The standard InChI is InChI=1S/C34H45N3O7/c1-22(2)36(30(38)24-14-13-23(3)29(17-24)43-16-10-15-42-7)20-25-18-35(33(41)44-34(4,5)6)19-26(25)21-37-31(39)27-11-8-9-12-28(27)32(37)40/h8-9,11-14,17,22,25-26H,10,15-16,18-21H2,1-7H3/t25-,26-/m0/s1. The lowest BCUT2D eigenvalue weighted by Gasteiger charge is -2.32. The van der Waals surface area contributed by atoms with Crippen LogP contribution in [0.25, 0.3) is 0 Å². The van der Waals surface area contributed by atoms with E-state index in [9.17, 15) is 19.2 Å². The molecule has 2 atom stereocenters. The third-order valence-electron chi connectivity index (χ3n) is 8.02. The zero-order chi connectivity index (χ0) is 32.2. The molecule has 44 heavy (non-hydrogen) atoms. The van der Waals surface area contributed by atoms with Crippen molar-refractivity contribution in [3.05, 3.63) is 64.7 Å². The summed E-state index contributed by atoms with van der Waals surface area (Å²) in [6, 6.07) is 12.1. The van der Waals surface area contributed by atoms with Gasteiger partial charge in [-0.15, -0.1) is 0 Å². The second-order valence-electron chi connectivity index (χ2n) is 12.9. The fraction of sp³-hybridized carbons (Fsp3) is 0.529. The molecular weight excluding hydrogens is 562 g/mol. The predicted molar refractivity (Wildman–Crippen MR) is 166 cm³/mol. The van der Waals surface area contributed by atoms with Gasteiger partial charge >= 0.3 is 6.09 Å². The van der Waals surface area contributed by atoms with Crippen molar-refractivity contribution in [3.8, 4) is 5.75 Å². The Bertz CT molecular complexity index is 1350. The minimum absolute atomic E-state index is 0.139. The first kappa shape index (κ1) is 33.0. The van der Waals surface area contributed by atoms with E-state index >= 15 is 0 Å². The van der Waals surface area contributed by atoms with Crippen molar-refractivity contribution in [3.63, 3.8) is 0 Å². The highest BCUT2D eigenvalue weighted by Gasteiger charge is 2.43. The number of fused-ring (bicyclic) bond motifs is 1. The summed E-state index contributed by atoms with van der Waals surface area (Å²) in [6.45, 7) is 13.4. The second-order valence-corrected chi connectivity index (χ2v) is 12.9. The number of ether oxygens (including phenoxy) is 3. The van der Waals surface area contributed by atoms with Crippen molar-refractivity contribution in [2.75, 3.05) is 46.5 Å². The Morgan fingerprint density at radius 2 is 1.61 bits per heavy atom. The maximum Gasteiger partial charge on any atom is 0.410 e. The molecule has 0 aliphatic carbocycles. The fourth-order valence-corrected chi connectivity index (χ4v) is 5.69. The number of imide groups is 1. The van der Waals surface area contributed by atoms with Crippen LogP contribution in [0.1, 0.15) is 77.7 Å². The molecule has 0 N–H and O–H groups in total. The molecule has 2 aliphatic rings. The number of amides is 4. The summed E-state index contributed by atoms with van der Waals surface area (Å²) < 4.78 is 16.7. The summed E-state index contributed by atoms with van der Waals surface area (Å²) in [4.78, 5) is 58.2. The summed E-state index contributed by atoms with van der Waals surface area (Å²) >= 11 is 0. The molecule has 2 aliphatic heterocycles. The van der Waals surface area contributed by atoms with Gasteiger partial charge in [0.05, 0.1) is 17.7 Å². The summed E-state index contributed by atoms with van der Waals surface area (Å²) in [7, 11) is 1.65. The molecule has 2 heterocycles. The number of carbonyl (C=O) groups is 4. The van der Waals surface area contributed by atoms with Gasteiger partial charge < -0.3 is 24.0 Å². The van der Waals surface area contributed by atoms with Gasteiger partial charge in [-0.05, 0) is 71.4 Å². The first-order valence-corrected chi connectivity index (χ1v) is 15.3. The molecule has 1 fully saturated rings. The Morgan fingerprint density at radius 1 is 0.977 bits per heavy atom. The molecule has 2 aromatic carbocycles. The first-order chi connectivity index (χ1) is 20.8. The molecule has 0 spiro atoms. The van der Waals surface area contributed by atoms with E-state index in [1.807, 2.05) is 47.6 Å². The maximum atomic E-state index is 13.9. The molecule has 0 radical (unpaired) electrons. The van der Waals surface area contributed by atoms with Gasteiger partial charge in [-0.2, -0.15) is 0 Å². The fourth-order valence-electron chi connectivity index (χ4n) is 5.69. The SMILES string of the molecule is COCCCOc1cc(C(=O)N(C[C@@H]2CN(C(=O)OC(C)(C)C)C[C@H]2CN2C(=O)c3ccccc3C2=O)C(C)C)ccc1C. The van der Waals surface area contributed by atoms with Crippen LogP contribution in [0, 0.1) is 18.8 Å². The Balaban J connectivity index is 1.56. The predicted octanol–water partition coefficient (Wildman–Crippen LogP) is 5.04. The Labute approximate surface area is 260 Å². The third-order valence-corrected chi connectivity index (χ3v) is 8.02. The molecule has 10 nitrogen and oxygen atoms in total. The van der Waals surface area contributed by atoms with Crippen LogP contribution < -0.4 is 4.74 Å². The van der Waals surface area contributed by atoms with Crippen LogP contribution in [0.4, 0.5) is 4.79 Å². The van der Waals surface area contributed by atoms with Gasteiger partial charge in [0.15, 0.2) is 0 Å². The number of aryl methyl sites for hydroxylation is 1. The van der Waals surface area contributed by atoms with E-state index in [4.69, 9.17) is 14.2 Å². The van der Waals surface area contributed by atoms with Crippen molar-refractivity contribution in [1.29, 1.82) is 0 Å². The number of methoxy groups -OCH3 is 1. The number of benzene rings is 2. The molecule has 238 valence electrons. The average molecular weight is 608 g/mol. The highest BCUT2D eigenvalue weighted by atomic mass is 16.6. The van der Waals surface area contributed by atoms with Gasteiger partial charge in [0.1, 0.15) is 11.4 Å². The van der Waals surface area contributed by atoms with E-state index in [1.54, 1.807) is 53.3 Å². The zero-order valence-corrected chi connectivity index (χ0v) is 26.9. The van der Waals surface area contributed by atoms with Crippen LogP contribution in [0.3, 0.4) is 0 Å². The van der Waals surface area contributed by atoms with Gasteiger partial charge in [-0.3, -0.25) is 19.3 Å². The van der Waals surface area contributed by atoms with Crippen LogP contribution >= 0.6 is 0 Å². The minimum Gasteiger partial charge on any atom is -0.493 e. The van der Waals surface area contributed by atoms with Crippen LogP contribution in [-0.4, -0.2) is 96.7 Å². The summed E-state index contributed by atoms with van der Waals surface area (Å²) in [5.41, 5.74) is 1.52. The van der Waals surface area contributed by atoms with Gasteiger partial charge in [0.2, 0.25) is 0 Å². The smallest absolute Gasteiger partial charge is 0.410 e. The van der Waals surface area contributed by atoms with E-state index in [-0.39, 0.29) is 42.1 Å². The van der Waals surface area contributed by atoms with Gasteiger partial charge in [-0.1, -0.05) is 18.2 Å². The van der Waals surface area contributed by atoms with Crippen LogP contribution in [0.2, 0.25) is 0 Å². The number of likely N-dealkylation sites (tertiary alicyclic amines) is 1. The molecule has 10 heteroatoms.